The van der Waals surface area contributed by atoms with E-state index in [9.17, 15) is 9.59 Å². The number of benzene rings is 1. The Kier molecular flexibility index (Phi) is 4.30. The molecule has 0 aromatic heterocycles. The number of carbonyl (C=O) groups excluding carboxylic acids is 2. The first-order chi connectivity index (χ1) is 8.75. The summed E-state index contributed by atoms with van der Waals surface area (Å²) in [6.45, 7) is 1.02. The Bertz CT molecular complexity index is 420. The fourth-order valence-electron chi connectivity index (χ4n) is 1.77. The van der Waals surface area contributed by atoms with E-state index in [1.807, 2.05) is 30.3 Å². The fraction of sp³-hybridized carbons (Fsp3) is 0.385. The van der Waals surface area contributed by atoms with E-state index >= 15 is 0 Å². The molecule has 1 aromatic carbocycles. The number of nitrogens with one attached hydrogen (secondary N) is 2. The van der Waals surface area contributed by atoms with Crippen molar-refractivity contribution in [1.82, 2.24) is 10.6 Å². The summed E-state index contributed by atoms with van der Waals surface area (Å²) in [6, 6.07) is 9.35. The molecule has 0 aliphatic carbocycles. The standard InChI is InChI=1S/C13H16N2O3/c16-12-8-14-13(17)11(15-12)6-7-18-9-10-4-2-1-3-5-10/h1-5,11H,6-9H2,(H,14,17)(H,15,16). The van der Waals surface area contributed by atoms with Gasteiger partial charge >= 0.3 is 0 Å². The first kappa shape index (κ1) is 12.6. The van der Waals surface area contributed by atoms with Gasteiger partial charge in [-0.05, 0) is 12.0 Å². The highest BCUT2D eigenvalue weighted by Gasteiger charge is 2.25. The molecule has 5 nitrogen and oxygen atoms in total. The Morgan fingerprint density at radius 2 is 2.00 bits per heavy atom. The van der Waals surface area contributed by atoms with Crippen LogP contribution in [-0.4, -0.2) is 31.0 Å². The Morgan fingerprint density at radius 1 is 1.22 bits per heavy atom. The SMILES string of the molecule is O=C1CNC(=O)C(CCOCc2ccccc2)N1. The zero-order valence-electron chi connectivity index (χ0n) is 10.0. The summed E-state index contributed by atoms with van der Waals surface area (Å²) in [7, 11) is 0. The predicted octanol–water partition coefficient (Wildman–Crippen LogP) is 0.208. The van der Waals surface area contributed by atoms with Crippen LogP contribution >= 0.6 is 0 Å². The Hall–Kier alpha value is -1.88. The molecule has 1 aromatic rings. The van der Waals surface area contributed by atoms with Gasteiger partial charge in [0.2, 0.25) is 11.8 Å². The predicted molar refractivity (Wildman–Crippen MR) is 65.7 cm³/mol. The number of rotatable bonds is 5. The molecule has 1 atom stereocenters. The van der Waals surface area contributed by atoms with E-state index in [2.05, 4.69) is 10.6 Å². The molecular formula is C13H16N2O3. The van der Waals surface area contributed by atoms with E-state index in [0.29, 0.717) is 19.6 Å². The molecule has 1 heterocycles. The van der Waals surface area contributed by atoms with Crippen LogP contribution in [0.15, 0.2) is 30.3 Å². The van der Waals surface area contributed by atoms with Crippen LogP contribution in [0.3, 0.4) is 0 Å². The molecule has 1 aliphatic rings. The quantitative estimate of drug-likeness (QED) is 0.732. The summed E-state index contributed by atoms with van der Waals surface area (Å²) in [5.41, 5.74) is 1.09. The van der Waals surface area contributed by atoms with Gasteiger partial charge in [-0.3, -0.25) is 9.59 Å². The third-order valence-corrected chi connectivity index (χ3v) is 2.74. The average molecular weight is 248 g/mol. The summed E-state index contributed by atoms with van der Waals surface area (Å²) >= 11 is 0. The third-order valence-electron chi connectivity index (χ3n) is 2.74. The fourth-order valence-corrected chi connectivity index (χ4v) is 1.77. The van der Waals surface area contributed by atoms with Gasteiger partial charge < -0.3 is 15.4 Å². The van der Waals surface area contributed by atoms with E-state index in [1.165, 1.54) is 0 Å². The average Bonchev–Trinajstić information content (AvgIpc) is 2.40. The number of carbonyl (C=O) groups is 2. The maximum Gasteiger partial charge on any atom is 0.243 e. The smallest absolute Gasteiger partial charge is 0.243 e. The zero-order chi connectivity index (χ0) is 12.8. The molecule has 1 aliphatic heterocycles. The van der Waals surface area contributed by atoms with Crippen molar-refractivity contribution in [3.05, 3.63) is 35.9 Å². The van der Waals surface area contributed by atoms with Gasteiger partial charge in [0.1, 0.15) is 6.04 Å². The molecule has 0 spiro atoms. The van der Waals surface area contributed by atoms with Gasteiger partial charge in [-0.15, -0.1) is 0 Å². The van der Waals surface area contributed by atoms with E-state index in [-0.39, 0.29) is 18.4 Å². The van der Waals surface area contributed by atoms with Crippen molar-refractivity contribution in [2.45, 2.75) is 19.1 Å². The van der Waals surface area contributed by atoms with E-state index < -0.39 is 6.04 Å². The van der Waals surface area contributed by atoms with Crippen molar-refractivity contribution in [3.63, 3.8) is 0 Å². The van der Waals surface area contributed by atoms with Gasteiger partial charge in [-0.1, -0.05) is 30.3 Å². The molecule has 2 rings (SSSR count). The molecule has 2 N–H and O–H groups in total. The molecule has 0 radical (unpaired) electrons. The van der Waals surface area contributed by atoms with Crippen LogP contribution in [0.5, 0.6) is 0 Å². The van der Waals surface area contributed by atoms with Crippen LogP contribution in [0.2, 0.25) is 0 Å². The van der Waals surface area contributed by atoms with Gasteiger partial charge in [0, 0.05) is 6.61 Å². The van der Waals surface area contributed by atoms with E-state index in [0.717, 1.165) is 5.56 Å². The van der Waals surface area contributed by atoms with Crippen molar-refractivity contribution < 1.29 is 14.3 Å². The number of hydrogen-bond donors (Lipinski definition) is 2. The largest absolute Gasteiger partial charge is 0.377 e. The molecule has 1 fully saturated rings. The molecule has 1 saturated heterocycles. The molecular weight excluding hydrogens is 232 g/mol. The number of hydrogen-bond acceptors (Lipinski definition) is 3. The maximum atomic E-state index is 11.4. The summed E-state index contributed by atoms with van der Waals surface area (Å²) in [5.74, 6) is -0.291. The van der Waals surface area contributed by atoms with Crippen molar-refractivity contribution in [3.8, 4) is 0 Å². The first-order valence-electron chi connectivity index (χ1n) is 5.94. The molecule has 18 heavy (non-hydrogen) atoms. The van der Waals surface area contributed by atoms with Gasteiger partial charge in [0.15, 0.2) is 0 Å². The number of piperazine rings is 1. The minimum Gasteiger partial charge on any atom is -0.377 e. The molecule has 2 amide bonds. The van der Waals surface area contributed by atoms with Gasteiger partial charge in [0.25, 0.3) is 0 Å². The van der Waals surface area contributed by atoms with Gasteiger partial charge in [-0.2, -0.15) is 0 Å². The minimum atomic E-state index is -0.470. The van der Waals surface area contributed by atoms with Crippen molar-refractivity contribution in [1.29, 1.82) is 0 Å². The van der Waals surface area contributed by atoms with E-state index in [4.69, 9.17) is 4.74 Å². The zero-order valence-corrected chi connectivity index (χ0v) is 10.0. The number of amides is 2. The van der Waals surface area contributed by atoms with Crippen LogP contribution in [0.1, 0.15) is 12.0 Å². The first-order valence-corrected chi connectivity index (χ1v) is 5.94. The summed E-state index contributed by atoms with van der Waals surface area (Å²) < 4.78 is 5.47. The lowest BCUT2D eigenvalue weighted by Gasteiger charge is -2.22. The molecule has 1 unspecified atom stereocenters. The van der Waals surface area contributed by atoms with Gasteiger partial charge in [0.05, 0.1) is 13.2 Å². The lowest BCUT2D eigenvalue weighted by Crippen LogP contribution is -2.56. The molecule has 5 heteroatoms. The summed E-state index contributed by atoms with van der Waals surface area (Å²) in [4.78, 5) is 22.5. The van der Waals surface area contributed by atoms with Crippen LogP contribution < -0.4 is 10.6 Å². The molecule has 0 saturated carbocycles. The lowest BCUT2D eigenvalue weighted by atomic mass is 10.1. The van der Waals surface area contributed by atoms with Crippen molar-refractivity contribution >= 4 is 11.8 Å². The second kappa shape index (κ2) is 6.16. The third kappa shape index (κ3) is 3.56. The topological polar surface area (TPSA) is 67.4 Å². The normalized spacial score (nSPS) is 19.2. The Balaban J connectivity index is 1.69. The van der Waals surface area contributed by atoms with Crippen LogP contribution in [-0.2, 0) is 20.9 Å². The minimum absolute atomic E-state index is 0.0696. The summed E-state index contributed by atoms with van der Waals surface area (Å²) in [5, 5.41) is 5.17. The van der Waals surface area contributed by atoms with Gasteiger partial charge in [-0.25, -0.2) is 0 Å². The maximum absolute atomic E-state index is 11.4. The highest BCUT2D eigenvalue weighted by Crippen LogP contribution is 2.03. The van der Waals surface area contributed by atoms with Crippen molar-refractivity contribution in [2.24, 2.45) is 0 Å². The van der Waals surface area contributed by atoms with Crippen molar-refractivity contribution in [2.75, 3.05) is 13.2 Å². The molecule has 96 valence electrons. The molecule has 0 bridgehead atoms. The Morgan fingerprint density at radius 3 is 2.78 bits per heavy atom. The number of ether oxygens (including phenoxy) is 1. The highest BCUT2D eigenvalue weighted by atomic mass is 16.5. The Labute approximate surface area is 106 Å². The van der Waals surface area contributed by atoms with Crippen LogP contribution in [0.4, 0.5) is 0 Å². The summed E-state index contributed by atoms with van der Waals surface area (Å²) in [6.07, 6.45) is 0.490. The van der Waals surface area contributed by atoms with Crippen LogP contribution in [0, 0.1) is 0 Å². The van der Waals surface area contributed by atoms with Crippen LogP contribution in [0.25, 0.3) is 0 Å². The second-order valence-corrected chi connectivity index (χ2v) is 4.16. The van der Waals surface area contributed by atoms with E-state index in [1.54, 1.807) is 0 Å². The second-order valence-electron chi connectivity index (χ2n) is 4.16. The monoisotopic (exact) mass is 248 g/mol. The highest BCUT2D eigenvalue weighted by molar-refractivity contribution is 5.94. The lowest BCUT2D eigenvalue weighted by molar-refractivity contribution is -0.134.